The first-order chi connectivity index (χ1) is 9.88. The van der Waals surface area contributed by atoms with Gasteiger partial charge in [-0.05, 0) is 41.1 Å². The lowest BCUT2D eigenvalue weighted by Gasteiger charge is -2.09. The highest BCUT2D eigenvalue weighted by Crippen LogP contribution is 2.32. The number of benzene rings is 1. The van der Waals surface area contributed by atoms with Crippen molar-refractivity contribution in [2.75, 3.05) is 0 Å². The summed E-state index contributed by atoms with van der Waals surface area (Å²) in [4.78, 5) is 24.9. The summed E-state index contributed by atoms with van der Waals surface area (Å²) >= 11 is 3.25. The number of hydrogen-bond acceptors (Lipinski definition) is 5. The molecule has 0 aliphatic rings. The highest BCUT2D eigenvalue weighted by Gasteiger charge is 2.14. The zero-order valence-electron chi connectivity index (χ0n) is 10.7. The van der Waals surface area contributed by atoms with E-state index in [1.54, 1.807) is 13.0 Å². The molecule has 0 fully saturated rings. The van der Waals surface area contributed by atoms with Gasteiger partial charge in [0.05, 0.1) is 15.0 Å². The average Bonchev–Trinajstić information content (AvgIpc) is 2.42. The fourth-order valence-electron chi connectivity index (χ4n) is 1.57. The fraction of sp³-hybridized carbons (Fsp3) is 0.0769. The summed E-state index contributed by atoms with van der Waals surface area (Å²) in [6.07, 6.45) is 1.08. The number of carboxylic acids is 1. The van der Waals surface area contributed by atoms with Gasteiger partial charge in [0.25, 0.3) is 5.69 Å². The van der Waals surface area contributed by atoms with Gasteiger partial charge < -0.3 is 9.84 Å². The molecule has 1 N–H and O–H groups in total. The number of carbonyl (C=O) groups is 1. The number of aromatic nitrogens is 1. The number of halogens is 1. The number of carboxylic acid groups (broad SMARTS) is 1. The fourth-order valence-corrected chi connectivity index (χ4v) is 1.90. The third kappa shape index (κ3) is 3.34. The van der Waals surface area contributed by atoms with E-state index >= 15 is 0 Å². The maximum Gasteiger partial charge on any atom is 0.335 e. The smallest absolute Gasteiger partial charge is 0.335 e. The van der Waals surface area contributed by atoms with Gasteiger partial charge in [0.2, 0.25) is 5.88 Å². The van der Waals surface area contributed by atoms with Crippen molar-refractivity contribution in [1.82, 2.24) is 4.98 Å². The molecule has 0 saturated heterocycles. The molecule has 8 heteroatoms. The lowest BCUT2D eigenvalue weighted by molar-refractivity contribution is -0.385. The summed E-state index contributed by atoms with van der Waals surface area (Å²) in [5.41, 5.74) is 0.391. The van der Waals surface area contributed by atoms with Crippen LogP contribution in [0.1, 0.15) is 15.9 Å². The van der Waals surface area contributed by atoms with Crippen molar-refractivity contribution in [3.63, 3.8) is 0 Å². The van der Waals surface area contributed by atoms with Crippen LogP contribution in [-0.4, -0.2) is 21.0 Å². The Morgan fingerprint density at radius 2 is 2.14 bits per heavy atom. The molecule has 1 aromatic carbocycles. The number of aromatic carboxylic acids is 1. The second kappa shape index (κ2) is 5.88. The standard InChI is InChI=1S/C13H9BrN2O5/c1-7-4-9(16(19)20)6-15-12(7)21-11-5-8(13(17)18)2-3-10(11)14/h2-6H,1H3,(H,17,18). The van der Waals surface area contributed by atoms with Crippen LogP contribution in [0.25, 0.3) is 0 Å². The Morgan fingerprint density at radius 1 is 1.43 bits per heavy atom. The second-order valence-corrected chi connectivity index (χ2v) is 4.98. The van der Waals surface area contributed by atoms with Crippen molar-refractivity contribution in [2.24, 2.45) is 0 Å². The number of hydrogen-bond donors (Lipinski definition) is 1. The first-order valence-electron chi connectivity index (χ1n) is 5.70. The van der Waals surface area contributed by atoms with Crippen molar-refractivity contribution in [2.45, 2.75) is 6.92 Å². The predicted molar refractivity (Wildman–Crippen MR) is 76.8 cm³/mol. The van der Waals surface area contributed by atoms with Crippen LogP contribution in [0.2, 0.25) is 0 Å². The van der Waals surface area contributed by atoms with E-state index in [1.807, 2.05) is 0 Å². The van der Waals surface area contributed by atoms with Crippen LogP contribution < -0.4 is 4.74 Å². The van der Waals surface area contributed by atoms with Gasteiger partial charge in [-0.1, -0.05) is 0 Å². The molecule has 0 aliphatic heterocycles. The normalized spacial score (nSPS) is 10.2. The summed E-state index contributed by atoms with van der Waals surface area (Å²) in [5, 5.41) is 19.6. The molecule has 108 valence electrons. The van der Waals surface area contributed by atoms with Crippen LogP contribution in [0.4, 0.5) is 5.69 Å². The highest BCUT2D eigenvalue weighted by molar-refractivity contribution is 9.10. The minimum Gasteiger partial charge on any atom is -0.478 e. The summed E-state index contributed by atoms with van der Waals surface area (Å²) in [5.74, 6) is -0.649. The van der Waals surface area contributed by atoms with Gasteiger partial charge in [-0.15, -0.1) is 0 Å². The van der Waals surface area contributed by atoms with Crippen LogP contribution in [0.3, 0.4) is 0 Å². The van der Waals surface area contributed by atoms with E-state index in [0.29, 0.717) is 10.0 Å². The van der Waals surface area contributed by atoms with Crippen molar-refractivity contribution >= 4 is 27.6 Å². The number of nitro groups is 1. The number of nitrogens with zero attached hydrogens (tertiary/aromatic N) is 2. The van der Waals surface area contributed by atoms with Gasteiger partial charge in [-0.2, -0.15) is 0 Å². The molecule has 2 aromatic rings. The molecule has 0 amide bonds. The average molecular weight is 353 g/mol. The lowest BCUT2D eigenvalue weighted by Crippen LogP contribution is -1.99. The third-order valence-corrected chi connectivity index (χ3v) is 3.27. The summed E-state index contributed by atoms with van der Waals surface area (Å²) in [6.45, 7) is 1.62. The quantitative estimate of drug-likeness (QED) is 0.666. The molecule has 0 aliphatic carbocycles. The Hall–Kier alpha value is -2.48. The van der Waals surface area contributed by atoms with E-state index in [-0.39, 0.29) is 22.9 Å². The topological polar surface area (TPSA) is 103 Å². The van der Waals surface area contributed by atoms with Crippen LogP contribution in [0.15, 0.2) is 34.9 Å². The Balaban J connectivity index is 2.36. The number of aryl methyl sites for hydroxylation is 1. The first-order valence-corrected chi connectivity index (χ1v) is 6.49. The Bertz CT molecular complexity index is 732. The molecule has 0 atom stereocenters. The molecule has 21 heavy (non-hydrogen) atoms. The second-order valence-electron chi connectivity index (χ2n) is 4.13. The molecule has 0 unspecified atom stereocenters. The van der Waals surface area contributed by atoms with Gasteiger partial charge in [0.15, 0.2) is 0 Å². The van der Waals surface area contributed by atoms with Gasteiger partial charge in [0.1, 0.15) is 11.9 Å². The maximum absolute atomic E-state index is 10.9. The van der Waals surface area contributed by atoms with Gasteiger partial charge in [0, 0.05) is 11.6 Å². The summed E-state index contributed by atoms with van der Waals surface area (Å²) < 4.78 is 6.07. The minimum absolute atomic E-state index is 0.0627. The van der Waals surface area contributed by atoms with E-state index in [1.165, 1.54) is 18.2 Å². The first kappa shape index (κ1) is 14.9. The van der Waals surface area contributed by atoms with Gasteiger partial charge >= 0.3 is 5.97 Å². The van der Waals surface area contributed by atoms with Crippen LogP contribution >= 0.6 is 15.9 Å². The molecule has 1 aromatic heterocycles. The zero-order valence-corrected chi connectivity index (χ0v) is 12.3. The molecule has 1 heterocycles. The molecule has 7 nitrogen and oxygen atoms in total. The van der Waals surface area contributed by atoms with Crippen molar-refractivity contribution < 1.29 is 19.6 Å². The number of rotatable bonds is 4. The SMILES string of the molecule is Cc1cc([N+](=O)[O-])cnc1Oc1cc(C(=O)O)ccc1Br. The largest absolute Gasteiger partial charge is 0.478 e. The number of ether oxygens (including phenoxy) is 1. The molecule has 2 rings (SSSR count). The third-order valence-electron chi connectivity index (χ3n) is 2.61. The molecule has 0 radical (unpaired) electrons. The molecular formula is C13H9BrN2O5. The van der Waals surface area contributed by atoms with Crippen LogP contribution in [0, 0.1) is 17.0 Å². The molecule has 0 bridgehead atoms. The molecular weight excluding hydrogens is 344 g/mol. The van der Waals surface area contributed by atoms with Crippen LogP contribution in [0.5, 0.6) is 11.6 Å². The maximum atomic E-state index is 10.9. The molecule has 0 spiro atoms. The summed E-state index contributed by atoms with van der Waals surface area (Å²) in [7, 11) is 0. The van der Waals surface area contributed by atoms with Crippen molar-refractivity contribution in [3.8, 4) is 11.6 Å². The Labute approximate surface area is 127 Å². The number of pyridine rings is 1. The Kier molecular flexibility index (Phi) is 4.18. The van der Waals surface area contributed by atoms with Gasteiger partial charge in [-0.3, -0.25) is 10.1 Å². The van der Waals surface area contributed by atoms with E-state index in [9.17, 15) is 14.9 Å². The minimum atomic E-state index is -1.08. The zero-order chi connectivity index (χ0) is 15.6. The van der Waals surface area contributed by atoms with E-state index in [0.717, 1.165) is 6.20 Å². The lowest BCUT2D eigenvalue weighted by atomic mass is 10.2. The predicted octanol–water partition coefficient (Wildman–Crippen LogP) is 3.55. The summed E-state index contributed by atoms with van der Waals surface area (Å²) in [6, 6.07) is 5.64. The molecule has 0 saturated carbocycles. The monoisotopic (exact) mass is 352 g/mol. The highest BCUT2D eigenvalue weighted by atomic mass is 79.9. The van der Waals surface area contributed by atoms with Crippen LogP contribution in [-0.2, 0) is 0 Å². The van der Waals surface area contributed by atoms with Gasteiger partial charge in [-0.25, -0.2) is 9.78 Å². The van der Waals surface area contributed by atoms with Crippen molar-refractivity contribution in [1.29, 1.82) is 0 Å². The van der Waals surface area contributed by atoms with E-state index < -0.39 is 10.9 Å². The van der Waals surface area contributed by atoms with Crippen molar-refractivity contribution in [3.05, 3.63) is 56.2 Å². The van der Waals surface area contributed by atoms with E-state index in [2.05, 4.69) is 20.9 Å². The van der Waals surface area contributed by atoms with E-state index in [4.69, 9.17) is 9.84 Å². The Morgan fingerprint density at radius 3 is 2.71 bits per heavy atom.